The molecule has 2 aliphatic heterocycles. The topological polar surface area (TPSA) is 16.1 Å². The first kappa shape index (κ1) is 20.7. The van der Waals surface area contributed by atoms with Crippen LogP contribution in [0, 0.1) is 13.8 Å². The summed E-state index contributed by atoms with van der Waals surface area (Å²) in [6.45, 7) is 6.50. The van der Waals surface area contributed by atoms with Gasteiger partial charge in [0.25, 0.3) is 0 Å². The van der Waals surface area contributed by atoms with Gasteiger partial charge in [0.1, 0.15) is 0 Å². The normalized spacial score (nSPS) is 18.7. The molecule has 0 fully saturated rings. The molecule has 2 nitrogen and oxygen atoms in total. The van der Waals surface area contributed by atoms with E-state index in [4.69, 9.17) is 4.98 Å². The summed E-state index contributed by atoms with van der Waals surface area (Å²) in [5, 5.41) is 0. The van der Waals surface area contributed by atoms with Gasteiger partial charge < -0.3 is 4.90 Å². The minimum atomic E-state index is 0.127. The van der Waals surface area contributed by atoms with E-state index in [1.807, 2.05) is 6.20 Å². The van der Waals surface area contributed by atoms with Crippen molar-refractivity contribution in [3.05, 3.63) is 142 Å². The lowest BCUT2D eigenvalue weighted by Gasteiger charge is -2.34. The average Bonchev–Trinajstić information content (AvgIpc) is 3.18. The van der Waals surface area contributed by atoms with Crippen LogP contribution in [0.1, 0.15) is 52.4 Å². The Kier molecular flexibility index (Phi) is 4.95. The average molecular weight is 441 g/mol. The van der Waals surface area contributed by atoms with Gasteiger partial charge in [0.2, 0.25) is 0 Å². The van der Waals surface area contributed by atoms with E-state index in [0.717, 1.165) is 5.69 Å². The van der Waals surface area contributed by atoms with E-state index < -0.39 is 0 Å². The largest absolute Gasteiger partial charge is 0.355 e. The molecule has 0 aliphatic carbocycles. The molecule has 1 aromatic heterocycles. The Hall–Kier alpha value is -3.91. The van der Waals surface area contributed by atoms with Gasteiger partial charge in [-0.25, -0.2) is 0 Å². The summed E-state index contributed by atoms with van der Waals surface area (Å²) >= 11 is 0. The first-order chi connectivity index (χ1) is 16.6. The molecule has 6 rings (SSSR count). The third-order valence-corrected chi connectivity index (χ3v) is 7.11. The lowest BCUT2D eigenvalue weighted by atomic mass is 9.91. The first-order valence-corrected chi connectivity index (χ1v) is 12.0. The van der Waals surface area contributed by atoms with Crippen LogP contribution in [0.4, 0.5) is 0 Å². The SMILES string of the molecule is CC1=CC2c3ccccc3[C@@H](c3cc(C)ccc3-c3ccc(C)cn3)N2C=C1c1ccccc1. The van der Waals surface area contributed by atoms with E-state index in [1.165, 1.54) is 50.1 Å². The van der Waals surface area contributed by atoms with E-state index in [-0.39, 0.29) is 12.1 Å². The highest BCUT2D eigenvalue weighted by molar-refractivity contribution is 5.80. The molecule has 2 atom stereocenters. The van der Waals surface area contributed by atoms with Gasteiger partial charge >= 0.3 is 0 Å². The van der Waals surface area contributed by atoms with Gasteiger partial charge in [-0.15, -0.1) is 0 Å². The van der Waals surface area contributed by atoms with Crippen molar-refractivity contribution in [1.29, 1.82) is 0 Å². The van der Waals surface area contributed by atoms with Crippen LogP contribution in [0.5, 0.6) is 0 Å². The molecule has 166 valence electrons. The minimum absolute atomic E-state index is 0.127. The molecule has 1 unspecified atom stereocenters. The van der Waals surface area contributed by atoms with Crippen molar-refractivity contribution in [2.24, 2.45) is 0 Å². The number of rotatable bonds is 3. The summed E-state index contributed by atoms with van der Waals surface area (Å²) in [5.41, 5.74) is 12.6. The van der Waals surface area contributed by atoms with Crippen LogP contribution in [0.25, 0.3) is 16.8 Å². The molecule has 0 saturated carbocycles. The predicted molar refractivity (Wildman–Crippen MR) is 140 cm³/mol. The zero-order valence-electron chi connectivity index (χ0n) is 19.9. The van der Waals surface area contributed by atoms with Crippen LogP contribution >= 0.6 is 0 Å². The smallest absolute Gasteiger partial charge is 0.0810 e. The number of hydrogen-bond donors (Lipinski definition) is 0. The summed E-state index contributed by atoms with van der Waals surface area (Å²) in [6.07, 6.45) is 6.78. The maximum absolute atomic E-state index is 4.80. The summed E-state index contributed by atoms with van der Waals surface area (Å²) in [6, 6.07) is 31.1. The van der Waals surface area contributed by atoms with Crippen LogP contribution in [0.3, 0.4) is 0 Å². The molecule has 2 aliphatic rings. The van der Waals surface area contributed by atoms with Crippen LogP contribution < -0.4 is 0 Å². The van der Waals surface area contributed by atoms with Crippen molar-refractivity contribution in [2.75, 3.05) is 0 Å². The Morgan fingerprint density at radius 3 is 2.21 bits per heavy atom. The van der Waals surface area contributed by atoms with Crippen LogP contribution in [0.2, 0.25) is 0 Å². The third kappa shape index (κ3) is 3.38. The third-order valence-electron chi connectivity index (χ3n) is 7.11. The highest BCUT2D eigenvalue weighted by Gasteiger charge is 2.39. The quantitative estimate of drug-likeness (QED) is 0.323. The number of aromatic nitrogens is 1. The van der Waals surface area contributed by atoms with Gasteiger partial charge in [-0.1, -0.05) is 90.5 Å². The van der Waals surface area contributed by atoms with E-state index in [1.54, 1.807) is 0 Å². The second kappa shape index (κ2) is 8.14. The van der Waals surface area contributed by atoms with E-state index in [0.29, 0.717) is 0 Å². The molecule has 0 bridgehead atoms. The number of benzene rings is 3. The van der Waals surface area contributed by atoms with E-state index >= 15 is 0 Å². The van der Waals surface area contributed by atoms with E-state index in [9.17, 15) is 0 Å². The number of aryl methyl sites for hydroxylation is 2. The zero-order chi connectivity index (χ0) is 23.2. The number of allylic oxidation sites excluding steroid dienone is 2. The summed E-state index contributed by atoms with van der Waals surface area (Å²) in [7, 11) is 0. The van der Waals surface area contributed by atoms with Crippen LogP contribution in [-0.4, -0.2) is 9.88 Å². The minimum Gasteiger partial charge on any atom is -0.355 e. The van der Waals surface area contributed by atoms with Crippen molar-refractivity contribution in [2.45, 2.75) is 32.9 Å². The lowest BCUT2D eigenvalue weighted by Crippen LogP contribution is -2.24. The van der Waals surface area contributed by atoms with Crippen LogP contribution in [-0.2, 0) is 0 Å². The molecule has 0 N–H and O–H groups in total. The summed E-state index contributed by atoms with van der Waals surface area (Å²) < 4.78 is 0. The molecule has 2 heteroatoms. The molecule has 3 heterocycles. The highest BCUT2D eigenvalue weighted by Crippen LogP contribution is 2.51. The Balaban J connectivity index is 1.56. The Bertz CT molecular complexity index is 1430. The Morgan fingerprint density at radius 1 is 0.706 bits per heavy atom. The molecule has 0 amide bonds. The number of fused-ring (bicyclic) bond motifs is 3. The Labute approximate surface area is 201 Å². The first-order valence-electron chi connectivity index (χ1n) is 12.0. The lowest BCUT2D eigenvalue weighted by molar-refractivity contribution is 0.305. The molecule has 0 spiro atoms. The van der Waals surface area contributed by atoms with Crippen molar-refractivity contribution < 1.29 is 0 Å². The second-order valence-electron chi connectivity index (χ2n) is 9.49. The zero-order valence-corrected chi connectivity index (χ0v) is 19.9. The van der Waals surface area contributed by atoms with Gasteiger partial charge in [0, 0.05) is 23.5 Å². The maximum atomic E-state index is 4.80. The molecule has 3 aromatic carbocycles. The van der Waals surface area contributed by atoms with Crippen LogP contribution in [0.15, 0.2) is 109 Å². The molecular formula is C32H28N2. The number of nitrogens with zero attached hydrogens (tertiary/aromatic N) is 2. The highest BCUT2D eigenvalue weighted by atomic mass is 15.2. The van der Waals surface area contributed by atoms with Gasteiger partial charge in [-0.05, 0) is 60.2 Å². The predicted octanol–water partition coefficient (Wildman–Crippen LogP) is 7.81. The van der Waals surface area contributed by atoms with Crippen molar-refractivity contribution >= 4 is 5.57 Å². The standard InChI is InChI=1S/C32H28N2/c1-21-13-15-25(30-16-14-22(2)19-33-30)28(17-21)32-27-12-8-7-11-26(27)31-18-23(3)29(20-34(31)32)24-9-5-4-6-10-24/h4-20,31-32H,1-3H3/t31?,32-/m0/s1. The molecule has 34 heavy (non-hydrogen) atoms. The monoisotopic (exact) mass is 440 g/mol. The second-order valence-corrected chi connectivity index (χ2v) is 9.49. The molecule has 0 saturated heterocycles. The Morgan fingerprint density at radius 2 is 1.44 bits per heavy atom. The van der Waals surface area contributed by atoms with Gasteiger partial charge in [-0.3, -0.25) is 4.98 Å². The number of pyridine rings is 1. The molecule has 4 aromatic rings. The molecule has 0 radical (unpaired) electrons. The summed E-state index contributed by atoms with van der Waals surface area (Å²) in [4.78, 5) is 7.35. The van der Waals surface area contributed by atoms with Crippen molar-refractivity contribution in [3.63, 3.8) is 0 Å². The molecular weight excluding hydrogens is 412 g/mol. The van der Waals surface area contributed by atoms with Gasteiger partial charge in [0.15, 0.2) is 0 Å². The van der Waals surface area contributed by atoms with Gasteiger partial charge in [0.05, 0.1) is 17.8 Å². The van der Waals surface area contributed by atoms with Crippen molar-refractivity contribution in [1.82, 2.24) is 9.88 Å². The van der Waals surface area contributed by atoms with Gasteiger partial charge in [-0.2, -0.15) is 0 Å². The number of hydrogen-bond acceptors (Lipinski definition) is 2. The fraction of sp³-hybridized carbons (Fsp3) is 0.156. The maximum Gasteiger partial charge on any atom is 0.0810 e. The summed E-state index contributed by atoms with van der Waals surface area (Å²) in [5.74, 6) is 0. The fourth-order valence-electron chi connectivity index (χ4n) is 5.44. The van der Waals surface area contributed by atoms with Crippen molar-refractivity contribution in [3.8, 4) is 11.3 Å². The van der Waals surface area contributed by atoms with E-state index in [2.05, 4.69) is 123 Å². The fourth-order valence-corrected chi connectivity index (χ4v) is 5.44.